The van der Waals surface area contributed by atoms with E-state index in [9.17, 15) is 4.79 Å². The lowest BCUT2D eigenvalue weighted by Gasteiger charge is -2.26. The Balaban J connectivity index is 1.81. The fourth-order valence-corrected chi connectivity index (χ4v) is 3.78. The molecule has 0 saturated carbocycles. The van der Waals surface area contributed by atoms with Crippen molar-refractivity contribution in [2.75, 3.05) is 6.54 Å². The molecular formula is C17H19ClN2O2S. The van der Waals surface area contributed by atoms with Crippen LogP contribution in [0.25, 0.3) is 15.8 Å². The molecule has 1 N–H and O–H groups in total. The molecule has 1 unspecified atom stereocenters. The summed E-state index contributed by atoms with van der Waals surface area (Å²) < 4.78 is 6.53. The van der Waals surface area contributed by atoms with Gasteiger partial charge in [0.1, 0.15) is 22.2 Å². The molecule has 2 heterocycles. The topological polar surface area (TPSA) is 51.2 Å². The Kier molecular flexibility index (Phi) is 4.45. The van der Waals surface area contributed by atoms with E-state index in [2.05, 4.69) is 16.4 Å². The quantitative estimate of drug-likeness (QED) is 0.830. The highest BCUT2D eigenvalue weighted by molar-refractivity contribution is 7.19. The zero-order chi connectivity index (χ0) is 16.6. The number of benzene rings is 1. The van der Waals surface area contributed by atoms with Crippen LogP contribution in [0.15, 0.2) is 24.3 Å². The van der Waals surface area contributed by atoms with Crippen molar-refractivity contribution in [3.8, 4) is 0 Å². The molecule has 0 spiro atoms. The second-order valence-corrected chi connectivity index (χ2v) is 7.97. The summed E-state index contributed by atoms with van der Waals surface area (Å²) in [7, 11) is 0. The predicted octanol–water partition coefficient (Wildman–Crippen LogP) is 4.04. The van der Waals surface area contributed by atoms with E-state index in [1.54, 1.807) is 11.3 Å². The lowest BCUT2D eigenvalue weighted by atomic mass is 10.0. The Morgan fingerprint density at radius 1 is 1.43 bits per heavy atom. The molecule has 0 saturated heterocycles. The van der Waals surface area contributed by atoms with Crippen molar-refractivity contribution in [3.05, 3.63) is 34.3 Å². The van der Waals surface area contributed by atoms with E-state index in [-0.39, 0.29) is 12.0 Å². The van der Waals surface area contributed by atoms with Crippen LogP contribution in [0.5, 0.6) is 0 Å². The smallest absolute Gasteiger partial charge is 0.324 e. The lowest BCUT2D eigenvalue weighted by molar-refractivity contribution is -0.157. The summed E-state index contributed by atoms with van der Waals surface area (Å²) in [6, 6.07) is 5.44. The van der Waals surface area contributed by atoms with Gasteiger partial charge in [-0.2, -0.15) is 0 Å². The molecule has 6 heteroatoms. The second-order valence-electron chi connectivity index (χ2n) is 6.53. The van der Waals surface area contributed by atoms with Gasteiger partial charge in [0.2, 0.25) is 0 Å². The zero-order valence-corrected chi connectivity index (χ0v) is 14.9. The highest BCUT2D eigenvalue weighted by Gasteiger charge is 2.28. The molecule has 2 aromatic rings. The number of fused-ring (bicyclic) bond motifs is 1. The third kappa shape index (κ3) is 3.74. The molecule has 122 valence electrons. The largest absolute Gasteiger partial charge is 0.459 e. The van der Waals surface area contributed by atoms with Gasteiger partial charge in [0, 0.05) is 13.0 Å². The van der Waals surface area contributed by atoms with E-state index in [1.165, 1.54) is 0 Å². The number of carbonyl (C=O) groups is 1. The van der Waals surface area contributed by atoms with Crippen molar-refractivity contribution in [1.29, 1.82) is 0 Å². The number of esters is 1. The SMILES string of the molecule is CC(C)(C)OC(=O)C1CC(c2nc3c(Cl)cccc3s2)=CCN1. The molecule has 1 aliphatic heterocycles. The highest BCUT2D eigenvalue weighted by atomic mass is 35.5. The Morgan fingerprint density at radius 2 is 2.22 bits per heavy atom. The van der Waals surface area contributed by atoms with Crippen LogP contribution in [0.4, 0.5) is 0 Å². The summed E-state index contributed by atoms with van der Waals surface area (Å²) in [6.45, 7) is 6.25. The first-order valence-corrected chi connectivity index (χ1v) is 8.73. The number of nitrogens with one attached hydrogen (secondary N) is 1. The number of hydrogen-bond acceptors (Lipinski definition) is 5. The van der Waals surface area contributed by atoms with Crippen molar-refractivity contribution in [2.24, 2.45) is 0 Å². The van der Waals surface area contributed by atoms with E-state index >= 15 is 0 Å². The number of rotatable bonds is 2. The third-order valence-electron chi connectivity index (χ3n) is 3.47. The highest BCUT2D eigenvalue weighted by Crippen LogP contribution is 2.33. The standard InChI is InChI=1S/C17H19ClN2O2S/c1-17(2,3)22-16(21)12-9-10(7-8-19-12)15-20-14-11(18)5-4-6-13(14)23-15/h4-7,12,19H,8-9H2,1-3H3. The molecule has 3 rings (SSSR count). The Hall–Kier alpha value is -1.43. The molecule has 4 nitrogen and oxygen atoms in total. The van der Waals surface area contributed by atoms with Crippen LogP contribution in [0, 0.1) is 0 Å². The van der Waals surface area contributed by atoms with E-state index < -0.39 is 5.60 Å². The molecule has 0 bridgehead atoms. The molecule has 0 amide bonds. The number of aromatic nitrogens is 1. The summed E-state index contributed by atoms with van der Waals surface area (Å²) in [5.74, 6) is -0.220. The number of halogens is 1. The molecule has 23 heavy (non-hydrogen) atoms. The molecule has 0 radical (unpaired) electrons. The zero-order valence-electron chi connectivity index (χ0n) is 13.4. The summed E-state index contributed by atoms with van der Waals surface area (Å²) in [5, 5.41) is 4.76. The minimum atomic E-state index is -0.483. The van der Waals surface area contributed by atoms with Gasteiger partial charge in [0.25, 0.3) is 0 Å². The normalized spacial score (nSPS) is 18.8. The van der Waals surface area contributed by atoms with Gasteiger partial charge in [0.05, 0.1) is 9.72 Å². The van der Waals surface area contributed by atoms with Gasteiger partial charge in [-0.25, -0.2) is 4.98 Å². The summed E-state index contributed by atoms with van der Waals surface area (Å²) in [4.78, 5) is 16.9. The van der Waals surface area contributed by atoms with Crippen molar-refractivity contribution >= 4 is 44.7 Å². The number of para-hydroxylation sites is 1. The summed E-state index contributed by atoms with van der Waals surface area (Å²) >= 11 is 7.80. The number of thiazole rings is 1. The molecule has 0 fully saturated rings. The number of carbonyl (C=O) groups excluding carboxylic acids is 1. The maximum Gasteiger partial charge on any atom is 0.324 e. The minimum absolute atomic E-state index is 0.220. The van der Waals surface area contributed by atoms with E-state index in [0.717, 1.165) is 20.8 Å². The first-order valence-electron chi connectivity index (χ1n) is 7.54. The Morgan fingerprint density at radius 3 is 2.91 bits per heavy atom. The fourth-order valence-electron chi connectivity index (χ4n) is 2.47. The van der Waals surface area contributed by atoms with Crippen molar-refractivity contribution in [1.82, 2.24) is 10.3 Å². The average Bonchev–Trinajstić information content (AvgIpc) is 2.91. The van der Waals surface area contributed by atoms with Gasteiger partial charge < -0.3 is 10.1 Å². The van der Waals surface area contributed by atoms with E-state index in [1.807, 2.05) is 39.0 Å². The lowest BCUT2D eigenvalue weighted by Crippen LogP contribution is -2.43. The van der Waals surface area contributed by atoms with Crippen molar-refractivity contribution in [3.63, 3.8) is 0 Å². The molecule has 1 atom stereocenters. The van der Waals surface area contributed by atoms with Gasteiger partial charge in [-0.05, 0) is 38.5 Å². The molecular weight excluding hydrogens is 332 g/mol. The van der Waals surface area contributed by atoms with E-state index in [4.69, 9.17) is 16.3 Å². The summed E-state index contributed by atoms with van der Waals surface area (Å²) in [5.41, 5.74) is 1.41. The number of hydrogen-bond donors (Lipinski definition) is 1. The van der Waals surface area contributed by atoms with Crippen molar-refractivity contribution in [2.45, 2.75) is 38.8 Å². The second kappa shape index (κ2) is 6.23. The van der Waals surface area contributed by atoms with Crippen LogP contribution in [0.1, 0.15) is 32.2 Å². The molecule has 1 aromatic heterocycles. The molecule has 1 aromatic carbocycles. The average molecular weight is 351 g/mol. The van der Waals surface area contributed by atoms with Gasteiger partial charge in [-0.3, -0.25) is 4.79 Å². The molecule has 0 aliphatic carbocycles. The number of ether oxygens (including phenoxy) is 1. The summed E-state index contributed by atoms with van der Waals surface area (Å²) in [6.07, 6.45) is 2.65. The van der Waals surface area contributed by atoms with E-state index in [0.29, 0.717) is 18.0 Å². The van der Waals surface area contributed by atoms with Gasteiger partial charge >= 0.3 is 5.97 Å². The van der Waals surface area contributed by atoms with Gasteiger partial charge in [0.15, 0.2) is 0 Å². The first-order chi connectivity index (χ1) is 10.8. The van der Waals surface area contributed by atoms with Crippen LogP contribution in [0.2, 0.25) is 5.02 Å². The van der Waals surface area contributed by atoms with Gasteiger partial charge in [-0.1, -0.05) is 23.7 Å². The first kappa shape index (κ1) is 16.4. The van der Waals surface area contributed by atoms with Crippen LogP contribution in [-0.2, 0) is 9.53 Å². The van der Waals surface area contributed by atoms with Crippen LogP contribution in [-0.4, -0.2) is 29.1 Å². The van der Waals surface area contributed by atoms with Crippen molar-refractivity contribution < 1.29 is 9.53 Å². The van der Waals surface area contributed by atoms with Gasteiger partial charge in [-0.15, -0.1) is 11.3 Å². The minimum Gasteiger partial charge on any atom is -0.459 e. The Labute approximate surface area is 144 Å². The molecule has 1 aliphatic rings. The van der Waals surface area contributed by atoms with Crippen LogP contribution < -0.4 is 5.32 Å². The maximum absolute atomic E-state index is 12.3. The fraction of sp³-hybridized carbons (Fsp3) is 0.412. The van der Waals surface area contributed by atoms with Crippen LogP contribution in [0.3, 0.4) is 0 Å². The maximum atomic E-state index is 12.3. The predicted molar refractivity (Wildman–Crippen MR) is 94.9 cm³/mol. The number of nitrogens with zero attached hydrogens (tertiary/aromatic N) is 1. The third-order valence-corrected chi connectivity index (χ3v) is 4.87. The van der Waals surface area contributed by atoms with Crippen LogP contribution >= 0.6 is 22.9 Å². The Bertz CT molecular complexity index is 776. The monoisotopic (exact) mass is 350 g/mol.